The van der Waals surface area contributed by atoms with Crippen molar-refractivity contribution in [2.24, 2.45) is 0 Å². The predicted octanol–water partition coefficient (Wildman–Crippen LogP) is -13.2. The van der Waals surface area contributed by atoms with Crippen molar-refractivity contribution in [2.75, 3.05) is 0 Å². The molecule has 0 aliphatic carbocycles. The van der Waals surface area contributed by atoms with E-state index in [9.17, 15) is 0 Å². The van der Waals surface area contributed by atoms with Gasteiger partial charge in [-0.2, -0.15) is 0 Å². The maximum atomic E-state index is 2.61. The summed E-state index contributed by atoms with van der Waals surface area (Å²) in [7, 11) is 34.5. The second-order valence-electron chi connectivity index (χ2n) is 19.7. The van der Waals surface area contributed by atoms with E-state index in [4.69, 9.17) is 0 Å². The Kier molecular flexibility index (Phi) is 10.5. The summed E-state index contributed by atoms with van der Waals surface area (Å²) in [5.41, 5.74) is 35.1. The van der Waals surface area contributed by atoms with E-state index < -0.39 is 0 Å². The minimum absolute atomic E-state index is 1.24. The monoisotopic (exact) mass is 817 g/mol. The summed E-state index contributed by atoms with van der Waals surface area (Å²) < 4.78 is 5.21. The third-order valence-electron chi connectivity index (χ3n) is 15.3. The molecule has 10 aromatic rings. The highest BCUT2D eigenvalue weighted by Gasteiger charge is 2.27. The van der Waals surface area contributed by atoms with Crippen LogP contribution in [0.3, 0.4) is 0 Å². The summed E-state index contributed by atoms with van der Waals surface area (Å²) in [5, 5.41) is 5.46. The lowest BCUT2D eigenvalue weighted by Gasteiger charge is -2.21. The van der Waals surface area contributed by atoms with Crippen LogP contribution in [0.5, 0.6) is 0 Å². The van der Waals surface area contributed by atoms with E-state index in [1.807, 2.05) is 0 Å². The van der Waals surface area contributed by atoms with Crippen molar-refractivity contribution in [1.29, 1.82) is 0 Å². The molecule has 2 nitrogen and oxygen atoms in total. The second-order valence-corrected chi connectivity index (χ2v) is 19.7. The number of hydrogen-bond acceptors (Lipinski definition) is 0. The Morgan fingerprint density at radius 3 is 1.14 bits per heavy atom. The van der Waals surface area contributed by atoms with Crippen LogP contribution in [-0.4, -0.2) is 127 Å². The van der Waals surface area contributed by atoms with Crippen LogP contribution in [0.25, 0.3) is 88.4 Å². The van der Waals surface area contributed by atoms with E-state index in [1.165, 1.54) is 170 Å². The minimum Gasteiger partial charge on any atom is -0.311 e. The molecule has 0 saturated heterocycles. The number of benzene rings is 8. The third kappa shape index (κ3) is 6.46. The minimum atomic E-state index is 1.24. The van der Waals surface area contributed by atoms with Gasteiger partial charge in [-0.25, -0.2) is 0 Å². The summed E-state index contributed by atoms with van der Waals surface area (Å²) in [4.78, 5) is 0. The van der Waals surface area contributed by atoms with Crippen LogP contribution >= 0.6 is 0 Å². The first-order valence-electron chi connectivity index (χ1n) is 23.4. The number of rotatable bonds is 5. The Hall–Kier alpha value is -5.67. The van der Waals surface area contributed by atoms with Crippen LogP contribution < -0.4 is 81.9 Å². The molecule has 0 aliphatic rings. The summed E-state index contributed by atoms with van der Waals surface area (Å²) in [6.07, 6.45) is 0. The first-order valence-corrected chi connectivity index (χ1v) is 23.4. The Morgan fingerprint density at radius 1 is 0.277 bits per heavy atom. The zero-order chi connectivity index (χ0) is 46.1. The van der Waals surface area contributed by atoms with E-state index in [0.29, 0.717) is 0 Å². The average Bonchev–Trinajstić information content (AvgIpc) is 3.83. The van der Waals surface area contributed by atoms with E-state index in [1.54, 1.807) is 0 Å². The Bertz CT molecular complexity index is 3700. The predicted molar refractivity (Wildman–Crippen MR) is 334 cm³/mol. The van der Waals surface area contributed by atoms with Gasteiger partial charge in [-0.1, -0.05) is 173 Å². The summed E-state index contributed by atoms with van der Waals surface area (Å²) in [6, 6.07) is 39.3. The van der Waals surface area contributed by atoms with E-state index in [-0.39, 0.29) is 0 Å². The SMILES string of the molecule is Bc1ccc(-c2cccc(-n3c4c(B)cc(B)c(B)c4c4c(B)c(-c5cc(B)c6c(c5B)c5c(B)c(B)cc(B)c5n6-c5ccc(B)c(-c6ccc(B)cc6)c5B)cc(B)c43)c2B)cc1. The van der Waals surface area contributed by atoms with Crippen LogP contribution in [0.1, 0.15) is 0 Å². The molecular formula is C48H47B15N2. The van der Waals surface area contributed by atoms with Crippen LogP contribution in [0, 0.1) is 0 Å². The van der Waals surface area contributed by atoms with Gasteiger partial charge in [0.2, 0.25) is 0 Å². The zero-order valence-electron chi connectivity index (χ0n) is 41.2. The molecule has 0 amide bonds. The van der Waals surface area contributed by atoms with Gasteiger partial charge < -0.3 is 9.13 Å². The molecule has 0 unspecified atom stereocenters. The van der Waals surface area contributed by atoms with Crippen molar-refractivity contribution >= 4 is 243 Å². The molecule has 65 heavy (non-hydrogen) atoms. The molecule has 0 N–H and O–H groups in total. The van der Waals surface area contributed by atoms with E-state index in [0.717, 1.165) is 0 Å². The van der Waals surface area contributed by atoms with Crippen LogP contribution in [0.2, 0.25) is 0 Å². The topological polar surface area (TPSA) is 9.86 Å². The number of nitrogens with zero attached hydrogens (tertiary/aromatic N) is 2. The van der Waals surface area contributed by atoms with Crippen molar-refractivity contribution in [3.05, 3.63) is 103 Å². The van der Waals surface area contributed by atoms with Gasteiger partial charge in [0, 0.05) is 44.2 Å². The molecule has 17 heteroatoms. The average molecular weight is 814 g/mol. The fourth-order valence-corrected chi connectivity index (χ4v) is 11.7. The molecule has 0 fully saturated rings. The summed E-state index contributed by atoms with van der Waals surface area (Å²) in [5.74, 6) is 0. The van der Waals surface area contributed by atoms with Crippen LogP contribution in [-0.2, 0) is 0 Å². The van der Waals surface area contributed by atoms with Crippen molar-refractivity contribution in [3.8, 4) is 44.8 Å². The van der Waals surface area contributed by atoms with Gasteiger partial charge in [-0.05, 0) is 56.3 Å². The molecule has 0 atom stereocenters. The summed E-state index contributed by atoms with van der Waals surface area (Å²) >= 11 is 0. The van der Waals surface area contributed by atoms with Gasteiger partial charge in [0.1, 0.15) is 118 Å². The number of hydrogen-bond donors (Lipinski definition) is 0. The van der Waals surface area contributed by atoms with Crippen molar-refractivity contribution in [2.45, 2.75) is 0 Å². The maximum Gasteiger partial charge on any atom is 0.142 e. The Balaban J connectivity index is 1.29. The van der Waals surface area contributed by atoms with Crippen LogP contribution in [0.4, 0.5) is 0 Å². The first kappa shape index (κ1) is 43.2. The van der Waals surface area contributed by atoms with E-state index in [2.05, 4.69) is 230 Å². The number of aromatic nitrogens is 2. The van der Waals surface area contributed by atoms with Crippen molar-refractivity contribution in [3.63, 3.8) is 0 Å². The fraction of sp³-hybridized carbons (Fsp3) is 0. The smallest absolute Gasteiger partial charge is 0.142 e. The zero-order valence-corrected chi connectivity index (χ0v) is 41.2. The maximum absolute atomic E-state index is 2.61. The quantitative estimate of drug-likeness (QED) is 0.153. The normalized spacial score (nSPS) is 11.7. The van der Waals surface area contributed by atoms with Gasteiger partial charge in [0.25, 0.3) is 0 Å². The molecule has 294 valence electrons. The second kappa shape index (κ2) is 15.8. The molecule has 0 radical (unpaired) electrons. The molecule has 0 saturated carbocycles. The third-order valence-corrected chi connectivity index (χ3v) is 15.3. The highest BCUT2D eigenvalue weighted by molar-refractivity contribution is 6.63. The first-order chi connectivity index (χ1) is 31.0. The molecule has 8 aromatic carbocycles. The van der Waals surface area contributed by atoms with Crippen molar-refractivity contribution in [1.82, 2.24) is 9.13 Å². The van der Waals surface area contributed by atoms with Gasteiger partial charge >= 0.3 is 0 Å². The van der Waals surface area contributed by atoms with Gasteiger partial charge in [0.15, 0.2) is 0 Å². The molecule has 0 bridgehead atoms. The van der Waals surface area contributed by atoms with E-state index >= 15 is 0 Å². The molecule has 2 heterocycles. The molecule has 2 aromatic heterocycles. The number of fused-ring (bicyclic) bond motifs is 6. The lowest BCUT2D eigenvalue weighted by molar-refractivity contribution is 1.20. The molecule has 0 aliphatic heterocycles. The Morgan fingerprint density at radius 2 is 0.677 bits per heavy atom. The highest BCUT2D eigenvalue weighted by atomic mass is 15.0. The molecule has 0 spiro atoms. The molecular weight excluding hydrogens is 767 g/mol. The van der Waals surface area contributed by atoms with Gasteiger partial charge in [-0.15, -0.1) is 0 Å². The van der Waals surface area contributed by atoms with Gasteiger partial charge in [-0.3, -0.25) is 0 Å². The highest BCUT2D eigenvalue weighted by Crippen LogP contribution is 2.34. The summed E-state index contributed by atoms with van der Waals surface area (Å²) in [6.45, 7) is 0. The Labute approximate surface area is 398 Å². The lowest BCUT2D eigenvalue weighted by atomic mass is 9.70. The fourth-order valence-electron chi connectivity index (χ4n) is 11.7. The lowest BCUT2D eigenvalue weighted by Crippen LogP contribution is -2.32. The molecule has 10 rings (SSSR count). The van der Waals surface area contributed by atoms with Gasteiger partial charge in [0.05, 0.1) is 0 Å². The largest absolute Gasteiger partial charge is 0.311 e. The van der Waals surface area contributed by atoms with Crippen LogP contribution in [0.15, 0.2) is 103 Å². The standard InChI is InChI=1S/C48H47B15N2/c49-20-8-4-18(5-9-20)22-2-1-3-32(39(22)58)64-45-28(54)14-23(40(59)35(45)37-42(61)26(52)16-30(56)47(37)64)24-15-29(55)46-36(41(24)60)38-43(62)27(53)17-31(57)48(38)65(46)33-13-12-25(51)34(44(33)63)19-6-10-21(50)11-7-19/h1-17H,49-63H2. The van der Waals surface area contributed by atoms with Crippen molar-refractivity contribution < 1.29 is 0 Å².